The van der Waals surface area contributed by atoms with Crippen molar-refractivity contribution in [3.8, 4) is 22.3 Å². The number of anilines is 6. The van der Waals surface area contributed by atoms with E-state index in [2.05, 4.69) is 219 Å². The Bertz CT molecular complexity index is 2620. The summed E-state index contributed by atoms with van der Waals surface area (Å²) in [5, 5.41) is 2.55. The number of hydrogen-bond donors (Lipinski definition) is 0. The molecule has 2 aliphatic carbocycles. The molecule has 8 aromatic rings. The van der Waals surface area contributed by atoms with Gasteiger partial charge < -0.3 is 9.80 Å². The highest BCUT2D eigenvalue weighted by molar-refractivity contribution is 6.10. The molecule has 0 aliphatic heterocycles. The monoisotopic (exact) mass is 724 g/mol. The van der Waals surface area contributed by atoms with Crippen LogP contribution in [0.1, 0.15) is 63.8 Å². The average molecular weight is 725 g/mol. The summed E-state index contributed by atoms with van der Waals surface area (Å²) in [5.74, 6) is 0. The van der Waals surface area contributed by atoms with Gasteiger partial charge in [-0.1, -0.05) is 145 Å². The molecule has 0 aromatic heterocycles. The Labute approximate surface area is 332 Å². The van der Waals surface area contributed by atoms with Crippen LogP contribution in [0.25, 0.3) is 33.0 Å². The number of fused-ring (bicyclic) bond motifs is 8. The molecule has 0 saturated carbocycles. The first kappa shape index (κ1) is 35.3. The van der Waals surface area contributed by atoms with Crippen molar-refractivity contribution in [2.45, 2.75) is 52.4 Å². The molecule has 0 unspecified atom stereocenters. The molecule has 2 nitrogen and oxygen atoms in total. The van der Waals surface area contributed by atoms with E-state index in [0.717, 1.165) is 22.7 Å². The van der Waals surface area contributed by atoms with Gasteiger partial charge in [0, 0.05) is 44.7 Å². The van der Waals surface area contributed by atoms with E-state index in [0.29, 0.717) is 0 Å². The van der Waals surface area contributed by atoms with Crippen LogP contribution in [0.2, 0.25) is 0 Å². The zero-order valence-electron chi connectivity index (χ0n) is 33.2. The second-order valence-electron chi connectivity index (χ2n) is 15.8. The van der Waals surface area contributed by atoms with Crippen molar-refractivity contribution in [2.24, 2.45) is 0 Å². The maximum absolute atomic E-state index is 2.54. The number of nitrogens with zero attached hydrogens (tertiary/aromatic N) is 2. The lowest BCUT2D eigenvalue weighted by Crippen LogP contribution is -2.18. The molecule has 0 saturated heterocycles. The van der Waals surface area contributed by atoms with Gasteiger partial charge in [-0.3, -0.25) is 0 Å². The Hall–Kier alpha value is -6.38. The molecule has 2 heteroatoms. The van der Waals surface area contributed by atoms with Gasteiger partial charge in [0.05, 0.1) is 5.69 Å². The van der Waals surface area contributed by atoms with Gasteiger partial charge in [0.15, 0.2) is 0 Å². The Morgan fingerprint density at radius 1 is 0.321 bits per heavy atom. The molecule has 0 atom stereocenters. The van der Waals surface area contributed by atoms with Crippen molar-refractivity contribution in [3.05, 3.63) is 204 Å². The summed E-state index contributed by atoms with van der Waals surface area (Å²) in [6, 6.07) is 66.6. The van der Waals surface area contributed by atoms with Crippen LogP contribution in [0.4, 0.5) is 34.1 Å². The number of rotatable bonds is 6. The Kier molecular flexibility index (Phi) is 8.66. The number of hydrogen-bond acceptors (Lipinski definition) is 2. The summed E-state index contributed by atoms with van der Waals surface area (Å²) in [4.78, 5) is 4.80. The number of para-hydroxylation sites is 4. The summed E-state index contributed by atoms with van der Waals surface area (Å²) in [5.41, 5.74) is 17.5. The molecule has 0 heterocycles. The highest BCUT2D eigenvalue weighted by Crippen LogP contribution is 2.59. The summed E-state index contributed by atoms with van der Waals surface area (Å²) in [6.45, 7) is 13.6. The van der Waals surface area contributed by atoms with Crippen molar-refractivity contribution >= 4 is 44.9 Å². The molecule has 0 radical (unpaired) electrons. The highest BCUT2D eigenvalue weighted by atomic mass is 15.1. The predicted octanol–water partition coefficient (Wildman–Crippen LogP) is 15.4. The first-order chi connectivity index (χ1) is 27.3. The predicted molar refractivity (Wildman–Crippen MR) is 240 cm³/mol. The minimum Gasteiger partial charge on any atom is -0.310 e. The molecule has 0 N–H and O–H groups in total. The average Bonchev–Trinajstić information content (AvgIpc) is 3.61. The van der Waals surface area contributed by atoms with Gasteiger partial charge in [0.25, 0.3) is 0 Å². The van der Waals surface area contributed by atoms with Gasteiger partial charge in [-0.05, 0) is 129 Å². The topological polar surface area (TPSA) is 6.48 Å². The lowest BCUT2D eigenvalue weighted by Gasteiger charge is -2.29. The minimum absolute atomic E-state index is 0.186. The third kappa shape index (κ3) is 5.46. The second-order valence-corrected chi connectivity index (χ2v) is 15.8. The maximum Gasteiger partial charge on any atom is 0.0543 e. The Morgan fingerprint density at radius 2 is 0.732 bits per heavy atom. The van der Waals surface area contributed by atoms with Crippen molar-refractivity contribution in [1.29, 1.82) is 0 Å². The fraction of sp³-hybridized carbons (Fsp3) is 0.148. The van der Waals surface area contributed by atoms with Gasteiger partial charge >= 0.3 is 0 Å². The third-order valence-electron chi connectivity index (χ3n) is 12.0. The SMILES string of the molecule is CC.CC1(C)c2cc(N(c3ccccc3)c3ccccc3)ccc2-c2cc3c(cc21)-c1c(cc(N(c2ccccc2)c2ccccc2)c2ccccc12)C3(C)C. The smallest absolute Gasteiger partial charge is 0.0543 e. The van der Waals surface area contributed by atoms with Gasteiger partial charge in [0.2, 0.25) is 0 Å². The van der Waals surface area contributed by atoms with E-state index < -0.39 is 0 Å². The molecule has 0 amide bonds. The molecule has 0 fully saturated rings. The molecule has 0 spiro atoms. The lowest BCUT2D eigenvalue weighted by atomic mass is 9.79. The van der Waals surface area contributed by atoms with Crippen molar-refractivity contribution < 1.29 is 0 Å². The van der Waals surface area contributed by atoms with Crippen LogP contribution in [0.15, 0.2) is 182 Å². The Balaban J connectivity index is 0.00000202. The zero-order valence-corrected chi connectivity index (χ0v) is 33.2. The maximum atomic E-state index is 2.54. The van der Waals surface area contributed by atoms with E-state index in [1.807, 2.05) is 13.8 Å². The van der Waals surface area contributed by atoms with Crippen LogP contribution in [-0.2, 0) is 10.8 Å². The quantitative estimate of drug-likeness (QED) is 0.168. The summed E-state index contributed by atoms with van der Waals surface area (Å²) < 4.78 is 0. The largest absolute Gasteiger partial charge is 0.310 e. The van der Waals surface area contributed by atoms with E-state index in [9.17, 15) is 0 Å². The van der Waals surface area contributed by atoms with E-state index in [4.69, 9.17) is 0 Å². The van der Waals surface area contributed by atoms with Gasteiger partial charge in [-0.25, -0.2) is 0 Å². The first-order valence-corrected chi connectivity index (χ1v) is 20.0. The van der Waals surface area contributed by atoms with Crippen LogP contribution in [0, 0.1) is 0 Å². The van der Waals surface area contributed by atoms with Crippen molar-refractivity contribution in [3.63, 3.8) is 0 Å². The third-order valence-corrected chi connectivity index (χ3v) is 12.0. The van der Waals surface area contributed by atoms with Crippen LogP contribution in [0.5, 0.6) is 0 Å². The van der Waals surface area contributed by atoms with Crippen LogP contribution in [0.3, 0.4) is 0 Å². The van der Waals surface area contributed by atoms with Crippen LogP contribution >= 0.6 is 0 Å². The second kappa shape index (κ2) is 13.7. The zero-order chi connectivity index (χ0) is 38.6. The van der Waals surface area contributed by atoms with E-state index in [-0.39, 0.29) is 10.8 Å². The van der Waals surface area contributed by atoms with Crippen LogP contribution in [-0.4, -0.2) is 0 Å². The number of benzene rings is 8. The molecule has 10 rings (SSSR count). The highest BCUT2D eigenvalue weighted by Gasteiger charge is 2.43. The lowest BCUT2D eigenvalue weighted by molar-refractivity contribution is 0.652. The standard InChI is InChI=1S/C52H42N2.C2H6/c1-51(2)45-31-39(53(35-19-9-5-10-20-35)36-21-11-6-12-22-36)29-30-40(45)43-32-47-44(33-46(43)51)50-42-28-18-17-27-41(42)49(34-48(50)52(47,3)4)54(37-23-13-7-14-24-37)38-25-15-8-16-26-38;1-2/h5-34H,1-4H3;1-2H3. The van der Waals surface area contributed by atoms with E-state index >= 15 is 0 Å². The molecule has 274 valence electrons. The van der Waals surface area contributed by atoms with Gasteiger partial charge in [0.1, 0.15) is 0 Å². The van der Waals surface area contributed by atoms with Crippen molar-refractivity contribution in [2.75, 3.05) is 9.80 Å². The fourth-order valence-electron chi connectivity index (χ4n) is 9.28. The summed E-state index contributed by atoms with van der Waals surface area (Å²) >= 11 is 0. The molecular formula is C54H48N2. The van der Waals surface area contributed by atoms with E-state index in [1.54, 1.807) is 0 Å². The molecule has 56 heavy (non-hydrogen) atoms. The van der Waals surface area contributed by atoms with Gasteiger partial charge in [-0.2, -0.15) is 0 Å². The summed E-state index contributed by atoms with van der Waals surface area (Å²) in [6.07, 6.45) is 0. The van der Waals surface area contributed by atoms with E-state index in [1.165, 1.54) is 66.7 Å². The van der Waals surface area contributed by atoms with Crippen LogP contribution < -0.4 is 9.80 Å². The van der Waals surface area contributed by atoms with Crippen molar-refractivity contribution in [1.82, 2.24) is 0 Å². The first-order valence-electron chi connectivity index (χ1n) is 20.0. The fourth-order valence-corrected chi connectivity index (χ4v) is 9.28. The molecule has 0 bridgehead atoms. The molecule has 2 aliphatic rings. The normalized spacial score (nSPS) is 13.8. The minimum atomic E-state index is -0.207. The van der Waals surface area contributed by atoms with Gasteiger partial charge in [-0.15, -0.1) is 0 Å². The molecule has 8 aromatic carbocycles. The summed E-state index contributed by atoms with van der Waals surface area (Å²) in [7, 11) is 0. The molecular weight excluding hydrogens is 677 g/mol. The Morgan fingerprint density at radius 3 is 1.27 bits per heavy atom.